The average Bonchev–Trinajstić information content (AvgIpc) is 3.10. The molecule has 0 saturated carbocycles. The van der Waals surface area contributed by atoms with Crippen LogP contribution in [0.15, 0.2) is 35.7 Å². The molecule has 1 aliphatic rings. The summed E-state index contributed by atoms with van der Waals surface area (Å²) in [5, 5.41) is 4.95. The van der Waals surface area contributed by atoms with E-state index in [1.807, 2.05) is 38.1 Å². The van der Waals surface area contributed by atoms with Crippen LogP contribution in [0.3, 0.4) is 0 Å². The van der Waals surface area contributed by atoms with Gasteiger partial charge in [-0.1, -0.05) is 17.7 Å². The van der Waals surface area contributed by atoms with Crippen molar-refractivity contribution in [3.63, 3.8) is 0 Å². The summed E-state index contributed by atoms with van der Waals surface area (Å²) < 4.78 is 0. The molecule has 1 aromatic carbocycles. The molecule has 1 N–H and O–H groups in total. The number of hydrogen-bond acceptors (Lipinski definition) is 4. The van der Waals surface area contributed by atoms with E-state index in [1.54, 1.807) is 18.4 Å². The number of carbonyl (C=O) groups is 2. The zero-order chi connectivity index (χ0) is 18.7. The molecule has 1 atom stereocenters. The van der Waals surface area contributed by atoms with Crippen LogP contribution in [-0.4, -0.2) is 47.8 Å². The molecule has 2 heterocycles. The van der Waals surface area contributed by atoms with Crippen molar-refractivity contribution < 1.29 is 9.59 Å². The van der Waals surface area contributed by atoms with Crippen LogP contribution >= 0.6 is 11.3 Å². The molecule has 0 radical (unpaired) electrons. The van der Waals surface area contributed by atoms with E-state index in [0.29, 0.717) is 0 Å². The first-order valence-corrected chi connectivity index (χ1v) is 9.73. The quantitative estimate of drug-likeness (QED) is 0.879. The summed E-state index contributed by atoms with van der Waals surface area (Å²) in [4.78, 5) is 30.1. The Morgan fingerprint density at radius 1 is 1.27 bits per heavy atom. The molecule has 26 heavy (non-hydrogen) atoms. The lowest BCUT2D eigenvalue weighted by atomic mass is 10.1. The van der Waals surface area contributed by atoms with E-state index < -0.39 is 0 Å². The summed E-state index contributed by atoms with van der Waals surface area (Å²) in [5.41, 5.74) is 3.20. The third kappa shape index (κ3) is 4.31. The molecule has 2 amide bonds. The summed E-state index contributed by atoms with van der Waals surface area (Å²) >= 11 is 1.79. The number of aryl methyl sites for hydroxylation is 1. The van der Waals surface area contributed by atoms with Crippen LogP contribution in [0.4, 0.5) is 5.69 Å². The summed E-state index contributed by atoms with van der Waals surface area (Å²) in [6.45, 7) is 5.65. The molecule has 1 aromatic heterocycles. The van der Waals surface area contributed by atoms with Gasteiger partial charge in [-0.25, -0.2) is 0 Å². The van der Waals surface area contributed by atoms with Gasteiger partial charge in [0.2, 0.25) is 11.8 Å². The highest BCUT2D eigenvalue weighted by Crippen LogP contribution is 2.25. The Morgan fingerprint density at radius 2 is 2.00 bits per heavy atom. The molecule has 2 aromatic rings. The Hall–Kier alpha value is -2.18. The summed E-state index contributed by atoms with van der Waals surface area (Å²) in [6.07, 6.45) is 0.988. The van der Waals surface area contributed by atoms with Crippen molar-refractivity contribution in [2.75, 3.05) is 25.5 Å². The SMILES string of the molecule is Cc1ccc(NC(=O)CN(C)C(=O)C(C)N2CCc3sccc3C2)cc1. The smallest absolute Gasteiger partial charge is 0.243 e. The lowest BCUT2D eigenvalue weighted by Gasteiger charge is -2.33. The third-order valence-corrected chi connectivity index (χ3v) is 5.86. The number of rotatable bonds is 5. The Balaban J connectivity index is 1.53. The van der Waals surface area contributed by atoms with Crippen molar-refractivity contribution in [2.24, 2.45) is 0 Å². The van der Waals surface area contributed by atoms with Gasteiger partial charge in [0.05, 0.1) is 12.6 Å². The fourth-order valence-corrected chi connectivity index (χ4v) is 4.10. The summed E-state index contributed by atoms with van der Waals surface area (Å²) in [5.74, 6) is -0.210. The van der Waals surface area contributed by atoms with Gasteiger partial charge in [0, 0.05) is 30.7 Å². The summed E-state index contributed by atoms with van der Waals surface area (Å²) in [7, 11) is 1.69. The van der Waals surface area contributed by atoms with Gasteiger partial charge >= 0.3 is 0 Å². The molecule has 0 saturated heterocycles. The van der Waals surface area contributed by atoms with Gasteiger partial charge in [-0.05, 0) is 49.4 Å². The van der Waals surface area contributed by atoms with Crippen LogP contribution < -0.4 is 5.32 Å². The number of hydrogen-bond donors (Lipinski definition) is 1. The lowest BCUT2D eigenvalue weighted by molar-refractivity contribution is -0.138. The van der Waals surface area contributed by atoms with Crippen LogP contribution in [0, 0.1) is 6.92 Å². The fraction of sp³-hybridized carbons (Fsp3) is 0.400. The van der Waals surface area contributed by atoms with Gasteiger partial charge in [0.1, 0.15) is 0 Å². The van der Waals surface area contributed by atoms with Gasteiger partial charge in [0.15, 0.2) is 0 Å². The van der Waals surface area contributed by atoms with E-state index in [0.717, 1.165) is 30.8 Å². The van der Waals surface area contributed by atoms with E-state index in [4.69, 9.17) is 0 Å². The van der Waals surface area contributed by atoms with E-state index in [1.165, 1.54) is 15.3 Å². The van der Waals surface area contributed by atoms with Crippen LogP contribution in [0.5, 0.6) is 0 Å². The topological polar surface area (TPSA) is 52.7 Å². The maximum absolute atomic E-state index is 12.7. The van der Waals surface area contributed by atoms with Gasteiger partial charge in [-0.2, -0.15) is 0 Å². The molecular formula is C20H25N3O2S. The molecule has 0 spiro atoms. The molecule has 1 aliphatic heterocycles. The van der Waals surface area contributed by atoms with Crippen molar-refractivity contribution in [1.82, 2.24) is 9.80 Å². The minimum Gasteiger partial charge on any atom is -0.335 e. The Morgan fingerprint density at radius 3 is 2.73 bits per heavy atom. The summed E-state index contributed by atoms with van der Waals surface area (Å²) in [6, 6.07) is 9.53. The maximum atomic E-state index is 12.7. The third-order valence-electron chi connectivity index (χ3n) is 4.83. The number of benzene rings is 1. The van der Waals surface area contributed by atoms with Crippen molar-refractivity contribution in [3.8, 4) is 0 Å². The molecule has 138 valence electrons. The number of thiophene rings is 1. The number of anilines is 1. The molecule has 0 bridgehead atoms. The minimum atomic E-state index is -0.236. The first-order chi connectivity index (χ1) is 12.4. The van der Waals surface area contributed by atoms with Crippen molar-refractivity contribution in [1.29, 1.82) is 0 Å². The second-order valence-corrected chi connectivity index (χ2v) is 7.87. The van der Waals surface area contributed by atoms with Crippen LogP contribution in [0.25, 0.3) is 0 Å². The van der Waals surface area contributed by atoms with Gasteiger partial charge < -0.3 is 10.2 Å². The second kappa shape index (κ2) is 8.01. The fourth-order valence-electron chi connectivity index (χ4n) is 3.21. The van der Waals surface area contributed by atoms with E-state index in [9.17, 15) is 9.59 Å². The molecule has 0 fully saturated rings. The molecule has 0 aliphatic carbocycles. The predicted octanol–water partition coefficient (Wildman–Crippen LogP) is 2.90. The number of likely N-dealkylation sites (N-methyl/N-ethyl adjacent to an activating group) is 1. The van der Waals surface area contributed by atoms with Crippen LogP contribution in [0.2, 0.25) is 0 Å². The van der Waals surface area contributed by atoms with Gasteiger partial charge in [-0.3, -0.25) is 14.5 Å². The van der Waals surface area contributed by atoms with Crippen LogP contribution in [-0.2, 0) is 22.6 Å². The highest BCUT2D eigenvalue weighted by atomic mass is 32.1. The van der Waals surface area contributed by atoms with E-state index in [2.05, 4.69) is 21.7 Å². The number of nitrogens with zero attached hydrogens (tertiary/aromatic N) is 2. The first kappa shape index (κ1) is 18.6. The van der Waals surface area contributed by atoms with E-state index >= 15 is 0 Å². The minimum absolute atomic E-state index is 0.0252. The van der Waals surface area contributed by atoms with Gasteiger partial charge in [-0.15, -0.1) is 11.3 Å². The molecule has 5 nitrogen and oxygen atoms in total. The highest BCUT2D eigenvalue weighted by molar-refractivity contribution is 7.10. The molecule has 3 rings (SSSR count). The van der Waals surface area contributed by atoms with Crippen molar-refractivity contribution >= 4 is 28.8 Å². The van der Waals surface area contributed by atoms with E-state index in [-0.39, 0.29) is 24.4 Å². The van der Waals surface area contributed by atoms with Crippen molar-refractivity contribution in [3.05, 3.63) is 51.7 Å². The monoisotopic (exact) mass is 371 g/mol. The molecule has 6 heteroatoms. The molecular weight excluding hydrogens is 346 g/mol. The Bertz CT molecular complexity index is 785. The van der Waals surface area contributed by atoms with Crippen LogP contribution in [0.1, 0.15) is 22.9 Å². The number of carbonyl (C=O) groups excluding carboxylic acids is 2. The number of fused-ring (bicyclic) bond motifs is 1. The zero-order valence-corrected chi connectivity index (χ0v) is 16.3. The Labute approximate surface area is 158 Å². The van der Waals surface area contributed by atoms with Crippen molar-refractivity contribution in [2.45, 2.75) is 32.9 Å². The maximum Gasteiger partial charge on any atom is 0.243 e. The second-order valence-electron chi connectivity index (χ2n) is 6.87. The number of amides is 2. The van der Waals surface area contributed by atoms with Gasteiger partial charge in [0.25, 0.3) is 0 Å². The standard InChI is InChI=1S/C20H25N3O2S/c1-14-4-6-17(7-5-14)21-19(24)13-22(3)20(25)15(2)23-10-8-18-16(12-23)9-11-26-18/h4-7,9,11,15H,8,10,12-13H2,1-3H3,(H,21,24). The zero-order valence-electron chi connectivity index (χ0n) is 15.5. The highest BCUT2D eigenvalue weighted by Gasteiger charge is 2.28. The molecule has 1 unspecified atom stereocenters. The Kier molecular flexibility index (Phi) is 5.74. The largest absolute Gasteiger partial charge is 0.335 e. The lowest BCUT2D eigenvalue weighted by Crippen LogP contribution is -2.48. The number of nitrogens with one attached hydrogen (secondary N) is 1. The predicted molar refractivity (Wildman–Crippen MR) is 105 cm³/mol. The average molecular weight is 372 g/mol. The normalized spacial score (nSPS) is 15.2. The first-order valence-electron chi connectivity index (χ1n) is 8.85.